The van der Waals surface area contributed by atoms with Gasteiger partial charge in [-0.1, -0.05) is 23.2 Å². The third-order valence-corrected chi connectivity index (χ3v) is 3.31. The summed E-state index contributed by atoms with van der Waals surface area (Å²) in [5.41, 5.74) is 1.01. The lowest BCUT2D eigenvalue weighted by atomic mass is 10.1. The van der Waals surface area contributed by atoms with Crippen LogP contribution >= 0.6 is 23.2 Å². The largest absolute Gasteiger partial charge is 0.378 e. The van der Waals surface area contributed by atoms with Gasteiger partial charge in [0.2, 0.25) is 5.91 Å². The van der Waals surface area contributed by atoms with Gasteiger partial charge in [0.15, 0.2) is 0 Å². The molecule has 1 heterocycles. The quantitative estimate of drug-likeness (QED) is 0.889. The Morgan fingerprint density at radius 3 is 2.74 bits per heavy atom. The fraction of sp³-hybridized carbons (Fsp3) is 0.462. The van der Waals surface area contributed by atoms with Crippen molar-refractivity contribution < 1.29 is 9.53 Å². The fourth-order valence-corrected chi connectivity index (χ4v) is 2.51. The molecule has 1 fully saturated rings. The first kappa shape index (κ1) is 14.6. The van der Waals surface area contributed by atoms with Crippen molar-refractivity contribution in [3.63, 3.8) is 0 Å². The molecule has 0 aliphatic carbocycles. The lowest BCUT2D eigenvalue weighted by Gasteiger charge is -2.22. The maximum atomic E-state index is 11.8. The molecule has 2 N–H and O–H groups in total. The van der Waals surface area contributed by atoms with Gasteiger partial charge < -0.3 is 15.4 Å². The van der Waals surface area contributed by atoms with Crippen LogP contribution in [0.2, 0.25) is 10.0 Å². The molecule has 1 aliphatic heterocycles. The highest BCUT2D eigenvalue weighted by Crippen LogP contribution is 2.19. The number of hydrogen-bond acceptors (Lipinski definition) is 3. The molecule has 19 heavy (non-hydrogen) atoms. The Morgan fingerprint density at radius 2 is 2.11 bits per heavy atom. The van der Waals surface area contributed by atoms with E-state index < -0.39 is 0 Å². The smallest absolute Gasteiger partial charge is 0.239 e. The van der Waals surface area contributed by atoms with E-state index >= 15 is 0 Å². The third-order valence-electron chi connectivity index (χ3n) is 2.87. The van der Waals surface area contributed by atoms with Crippen LogP contribution in [-0.4, -0.2) is 38.3 Å². The summed E-state index contributed by atoms with van der Waals surface area (Å²) in [6.07, 6.45) is 0.694. The Hall–Kier alpha value is -0.810. The van der Waals surface area contributed by atoms with Crippen LogP contribution in [0.15, 0.2) is 18.2 Å². The first-order chi connectivity index (χ1) is 9.15. The maximum absolute atomic E-state index is 11.8. The zero-order valence-corrected chi connectivity index (χ0v) is 11.9. The summed E-state index contributed by atoms with van der Waals surface area (Å²) in [4.78, 5) is 11.8. The van der Waals surface area contributed by atoms with Crippen molar-refractivity contribution in [2.45, 2.75) is 12.5 Å². The van der Waals surface area contributed by atoms with Crippen LogP contribution in [0.5, 0.6) is 0 Å². The molecule has 104 valence electrons. The van der Waals surface area contributed by atoms with Gasteiger partial charge in [-0.25, -0.2) is 0 Å². The molecule has 1 aromatic rings. The molecular weight excluding hydrogens is 287 g/mol. The fourth-order valence-electron chi connectivity index (χ4n) is 1.94. The first-order valence-corrected chi connectivity index (χ1v) is 6.94. The molecule has 1 saturated heterocycles. The number of ether oxygens (including phenoxy) is 1. The van der Waals surface area contributed by atoms with Crippen molar-refractivity contribution in [3.8, 4) is 0 Å². The van der Waals surface area contributed by atoms with Crippen molar-refractivity contribution in [3.05, 3.63) is 33.8 Å². The maximum Gasteiger partial charge on any atom is 0.239 e. The highest BCUT2D eigenvalue weighted by atomic mass is 35.5. The predicted molar refractivity (Wildman–Crippen MR) is 75.8 cm³/mol. The van der Waals surface area contributed by atoms with Crippen LogP contribution in [0.3, 0.4) is 0 Å². The number of halogens is 2. The highest BCUT2D eigenvalue weighted by molar-refractivity contribution is 6.34. The number of carbonyl (C=O) groups excluding carboxylic acids is 1. The van der Waals surface area contributed by atoms with Gasteiger partial charge in [-0.2, -0.15) is 0 Å². The number of morpholine rings is 1. The van der Waals surface area contributed by atoms with Gasteiger partial charge in [-0.3, -0.25) is 4.79 Å². The van der Waals surface area contributed by atoms with Gasteiger partial charge >= 0.3 is 0 Å². The van der Waals surface area contributed by atoms with Crippen LogP contribution in [-0.2, 0) is 16.0 Å². The van der Waals surface area contributed by atoms with Gasteiger partial charge in [0.1, 0.15) is 6.04 Å². The van der Waals surface area contributed by atoms with Crippen molar-refractivity contribution in [2.24, 2.45) is 0 Å². The zero-order valence-electron chi connectivity index (χ0n) is 10.4. The van der Waals surface area contributed by atoms with Crippen LogP contribution in [0.25, 0.3) is 0 Å². The average Bonchev–Trinajstić information content (AvgIpc) is 2.38. The van der Waals surface area contributed by atoms with Crippen molar-refractivity contribution >= 4 is 29.1 Å². The van der Waals surface area contributed by atoms with Gasteiger partial charge in [0, 0.05) is 23.1 Å². The van der Waals surface area contributed by atoms with Crippen LogP contribution in [0, 0.1) is 0 Å². The molecule has 1 unspecified atom stereocenters. The molecule has 1 amide bonds. The van der Waals surface area contributed by atoms with Crippen LogP contribution in [0.4, 0.5) is 0 Å². The van der Waals surface area contributed by atoms with Crippen molar-refractivity contribution in [1.29, 1.82) is 0 Å². The second-order valence-corrected chi connectivity index (χ2v) is 5.27. The SMILES string of the molecule is O=C(NCCc1cc(Cl)cc(Cl)c1)C1COCCN1. The van der Waals surface area contributed by atoms with E-state index in [1.807, 2.05) is 12.1 Å². The van der Waals surface area contributed by atoms with Crippen LogP contribution in [0.1, 0.15) is 5.56 Å². The Balaban J connectivity index is 1.77. The summed E-state index contributed by atoms with van der Waals surface area (Å²) in [6.45, 7) is 2.34. The third kappa shape index (κ3) is 4.66. The topological polar surface area (TPSA) is 50.4 Å². The lowest BCUT2D eigenvalue weighted by Crippen LogP contribution is -2.51. The summed E-state index contributed by atoms with van der Waals surface area (Å²) >= 11 is 11.8. The van der Waals surface area contributed by atoms with E-state index in [1.54, 1.807) is 6.07 Å². The average molecular weight is 303 g/mol. The molecule has 1 aromatic carbocycles. The summed E-state index contributed by atoms with van der Waals surface area (Å²) in [5.74, 6) is -0.0344. The molecule has 1 atom stereocenters. The summed E-state index contributed by atoms with van der Waals surface area (Å²) in [7, 11) is 0. The number of rotatable bonds is 4. The molecule has 6 heteroatoms. The minimum atomic E-state index is -0.253. The molecule has 4 nitrogen and oxygen atoms in total. The summed E-state index contributed by atoms with van der Waals surface area (Å²) in [6, 6.07) is 5.13. The first-order valence-electron chi connectivity index (χ1n) is 6.19. The number of nitrogens with one attached hydrogen (secondary N) is 2. The number of amides is 1. The van der Waals surface area contributed by atoms with Crippen LogP contribution < -0.4 is 10.6 Å². The van der Waals surface area contributed by atoms with Gasteiger partial charge in [0.05, 0.1) is 13.2 Å². The molecule has 0 bridgehead atoms. The second-order valence-electron chi connectivity index (χ2n) is 4.40. The number of hydrogen-bond donors (Lipinski definition) is 2. The lowest BCUT2D eigenvalue weighted by molar-refractivity contribution is -0.125. The van der Waals surface area contributed by atoms with Gasteiger partial charge in [-0.15, -0.1) is 0 Å². The highest BCUT2D eigenvalue weighted by Gasteiger charge is 2.20. The molecule has 0 spiro atoms. The summed E-state index contributed by atoms with van der Waals surface area (Å²) in [5, 5.41) is 7.19. The normalized spacial score (nSPS) is 19.2. The number of benzene rings is 1. The second kappa shape index (κ2) is 7.10. The van der Waals surface area contributed by atoms with Gasteiger partial charge in [0.25, 0.3) is 0 Å². The van der Waals surface area contributed by atoms with E-state index in [0.29, 0.717) is 42.8 Å². The van der Waals surface area contributed by atoms with E-state index in [2.05, 4.69) is 10.6 Å². The van der Waals surface area contributed by atoms with E-state index in [0.717, 1.165) is 5.56 Å². The minimum absolute atomic E-state index is 0.0344. The Bertz CT molecular complexity index is 428. The molecule has 0 radical (unpaired) electrons. The minimum Gasteiger partial charge on any atom is -0.378 e. The number of carbonyl (C=O) groups is 1. The van der Waals surface area contributed by atoms with Gasteiger partial charge in [-0.05, 0) is 30.2 Å². The predicted octanol–water partition coefficient (Wildman–Crippen LogP) is 1.64. The molecule has 0 saturated carbocycles. The Morgan fingerprint density at radius 1 is 1.37 bits per heavy atom. The van der Waals surface area contributed by atoms with E-state index in [1.165, 1.54) is 0 Å². The molecule has 2 rings (SSSR count). The zero-order chi connectivity index (χ0) is 13.7. The van der Waals surface area contributed by atoms with E-state index in [-0.39, 0.29) is 11.9 Å². The standard InChI is InChI=1S/C13H16Cl2N2O2/c14-10-5-9(6-11(15)7-10)1-2-17-13(18)12-8-19-4-3-16-12/h5-7,12,16H,1-4,8H2,(H,17,18). The summed E-state index contributed by atoms with van der Waals surface area (Å²) < 4.78 is 5.24. The van der Waals surface area contributed by atoms with E-state index in [9.17, 15) is 4.79 Å². The molecule has 0 aromatic heterocycles. The van der Waals surface area contributed by atoms with Crippen molar-refractivity contribution in [1.82, 2.24) is 10.6 Å². The Kier molecular flexibility index (Phi) is 5.45. The monoisotopic (exact) mass is 302 g/mol. The molecular formula is C13H16Cl2N2O2. The van der Waals surface area contributed by atoms with E-state index in [4.69, 9.17) is 27.9 Å². The Labute approximate surface area is 122 Å². The molecule has 1 aliphatic rings. The van der Waals surface area contributed by atoms with Crippen molar-refractivity contribution in [2.75, 3.05) is 26.3 Å².